The summed E-state index contributed by atoms with van der Waals surface area (Å²) in [5.41, 5.74) is 9.70. The highest BCUT2D eigenvalue weighted by atomic mass is 14.8. The monoisotopic (exact) mass is 256 g/mol. The normalized spacial score (nSPS) is 38.2. The van der Waals surface area contributed by atoms with Crippen LogP contribution in [0.2, 0.25) is 0 Å². The molecule has 2 heteroatoms. The second-order valence-electron chi connectivity index (χ2n) is 7.07. The third-order valence-electron chi connectivity index (χ3n) is 5.80. The number of hydrogen-bond donors (Lipinski definition) is 1. The van der Waals surface area contributed by atoms with Crippen molar-refractivity contribution < 1.29 is 0 Å². The minimum absolute atomic E-state index is 0.0328. The number of aryl methyl sites for hydroxylation is 1. The Labute approximate surface area is 115 Å². The molecule has 4 rings (SSSR count). The van der Waals surface area contributed by atoms with Crippen molar-refractivity contribution in [3.05, 3.63) is 29.6 Å². The standard InChI is InChI=1S/C17H24N2/c18-17(9-1-3-14(11-17)12-5-6-12)15-8-7-13-4-2-10-19-16(13)15/h2,4,10,12,14-15H,1,3,5-9,11,18H2. The van der Waals surface area contributed by atoms with Crippen LogP contribution in [0.15, 0.2) is 18.3 Å². The molecule has 2 saturated carbocycles. The number of hydrogen-bond acceptors (Lipinski definition) is 2. The molecule has 1 heterocycles. The third-order valence-corrected chi connectivity index (χ3v) is 5.80. The van der Waals surface area contributed by atoms with Gasteiger partial charge in [0.05, 0.1) is 0 Å². The molecule has 102 valence electrons. The van der Waals surface area contributed by atoms with Gasteiger partial charge in [-0.25, -0.2) is 0 Å². The first-order valence-electron chi connectivity index (χ1n) is 7.99. The van der Waals surface area contributed by atoms with E-state index in [1.807, 2.05) is 6.20 Å². The zero-order valence-corrected chi connectivity index (χ0v) is 11.6. The SMILES string of the molecule is NC1(C2CCc3cccnc32)CCCC(C2CC2)C1. The molecule has 3 aliphatic carbocycles. The van der Waals surface area contributed by atoms with E-state index < -0.39 is 0 Å². The maximum absolute atomic E-state index is 6.90. The lowest BCUT2D eigenvalue weighted by Crippen LogP contribution is -2.49. The van der Waals surface area contributed by atoms with Crippen molar-refractivity contribution in [1.82, 2.24) is 4.98 Å². The summed E-state index contributed by atoms with van der Waals surface area (Å²) in [6.45, 7) is 0. The Kier molecular flexibility index (Phi) is 2.70. The third kappa shape index (κ3) is 2.01. The van der Waals surface area contributed by atoms with Crippen molar-refractivity contribution in [3.63, 3.8) is 0 Å². The van der Waals surface area contributed by atoms with Gasteiger partial charge < -0.3 is 5.73 Å². The van der Waals surface area contributed by atoms with Crippen molar-refractivity contribution in [2.45, 2.75) is 62.8 Å². The molecule has 0 spiro atoms. The lowest BCUT2D eigenvalue weighted by atomic mass is 9.67. The number of aromatic nitrogens is 1. The lowest BCUT2D eigenvalue weighted by Gasteiger charge is -2.42. The number of fused-ring (bicyclic) bond motifs is 1. The maximum atomic E-state index is 6.90. The fourth-order valence-corrected chi connectivity index (χ4v) is 4.64. The van der Waals surface area contributed by atoms with E-state index in [1.54, 1.807) is 0 Å². The Balaban J connectivity index is 1.60. The molecule has 2 N–H and O–H groups in total. The van der Waals surface area contributed by atoms with Gasteiger partial charge in [-0.05, 0) is 62.0 Å². The zero-order chi connectivity index (χ0) is 12.9. The topological polar surface area (TPSA) is 38.9 Å². The van der Waals surface area contributed by atoms with Crippen LogP contribution in [0.5, 0.6) is 0 Å². The molecule has 1 aromatic rings. The van der Waals surface area contributed by atoms with Gasteiger partial charge >= 0.3 is 0 Å². The average Bonchev–Trinajstić information content (AvgIpc) is 3.18. The molecule has 0 bridgehead atoms. The van der Waals surface area contributed by atoms with Crippen LogP contribution < -0.4 is 5.73 Å². The first-order chi connectivity index (χ1) is 9.26. The summed E-state index contributed by atoms with van der Waals surface area (Å²) in [7, 11) is 0. The van der Waals surface area contributed by atoms with E-state index in [0.29, 0.717) is 5.92 Å². The summed E-state index contributed by atoms with van der Waals surface area (Å²) in [5.74, 6) is 2.43. The van der Waals surface area contributed by atoms with Gasteiger partial charge in [0.15, 0.2) is 0 Å². The smallest absolute Gasteiger partial charge is 0.0484 e. The van der Waals surface area contributed by atoms with Gasteiger partial charge in [-0.15, -0.1) is 0 Å². The van der Waals surface area contributed by atoms with Crippen LogP contribution in [0.25, 0.3) is 0 Å². The minimum atomic E-state index is 0.0328. The van der Waals surface area contributed by atoms with Crippen LogP contribution in [0.1, 0.15) is 62.1 Å². The molecule has 3 unspecified atom stereocenters. The van der Waals surface area contributed by atoms with E-state index in [0.717, 1.165) is 11.8 Å². The summed E-state index contributed by atoms with van der Waals surface area (Å²) in [6, 6.07) is 4.31. The van der Waals surface area contributed by atoms with E-state index in [-0.39, 0.29) is 5.54 Å². The molecular formula is C17H24N2. The Bertz CT molecular complexity index is 480. The van der Waals surface area contributed by atoms with Crippen molar-refractivity contribution in [3.8, 4) is 0 Å². The number of pyridine rings is 1. The van der Waals surface area contributed by atoms with Crippen molar-refractivity contribution in [1.29, 1.82) is 0 Å². The van der Waals surface area contributed by atoms with E-state index in [9.17, 15) is 0 Å². The van der Waals surface area contributed by atoms with Gasteiger partial charge in [0.1, 0.15) is 0 Å². The Morgan fingerprint density at radius 1 is 1.16 bits per heavy atom. The summed E-state index contributed by atoms with van der Waals surface area (Å²) in [6.07, 6.45) is 12.5. The number of nitrogens with two attached hydrogens (primary N) is 1. The summed E-state index contributed by atoms with van der Waals surface area (Å²) in [4.78, 5) is 4.67. The van der Waals surface area contributed by atoms with Crippen LogP contribution in [-0.4, -0.2) is 10.5 Å². The molecule has 0 aliphatic heterocycles. The van der Waals surface area contributed by atoms with Gasteiger partial charge in [-0.3, -0.25) is 4.98 Å². The van der Waals surface area contributed by atoms with Crippen LogP contribution in [-0.2, 0) is 6.42 Å². The van der Waals surface area contributed by atoms with Gasteiger partial charge in [0.25, 0.3) is 0 Å². The van der Waals surface area contributed by atoms with Gasteiger partial charge in [-0.2, -0.15) is 0 Å². The molecule has 19 heavy (non-hydrogen) atoms. The maximum Gasteiger partial charge on any atom is 0.0484 e. The molecular weight excluding hydrogens is 232 g/mol. The van der Waals surface area contributed by atoms with Crippen LogP contribution in [0.4, 0.5) is 0 Å². The molecule has 0 radical (unpaired) electrons. The van der Waals surface area contributed by atoms with Crippen molar-refractivity contribution in [2.75, 3.05) is 0 Å². The fraction of sp³-hybridized carbons (Fsp3) is 0.706. The molecule has 2 nitrogen and oxygen atoms in total. The van der Waals surface area contributed by atoms with Crippen LogP contribution >= 0.6 is 0 Å². The van der Waals surface area contributed by atoms with E-state index in [1.165, 1.54) is 62.6 Å². The van der Waals surface area contributed by atoms with Crippen molar-refractivity contribution >= 4 is 0 Å². The highest BCUT2D eigenvalue weighted by Gasteiger charge is 2.46. The minimum Gasteiger partial charge on any atom is -0.324 e. The number of nitrogens with zero attached hydrogens (tertiary/aromatic N) is 1. The Morgan fingerprint density at radius 3 is 2.89 bits per heavy atom. The summed E-state index contributed by atoms with van der Waals surface area (Å²) < 4.78 is 0. The predicted molar refractivity (Wildman–Crippen MR) is 76.9 cm³/mol. The van der Waals surface area contributed by atoms with Gasteiger partial charge in [0, 0.05) is 23.3 Å². The van der Waals surface area contributed by atoms with Crippen LogP contribution in [0.3, 0.4) is 0 Å². The fourth-order valence-electron chi connectivity index (χ4n) is 4.64. The van der Waals surface area contributed by atoms with E-state index in [2.05, 4.69) is 17.1 Å². The molecule has 3 aliphatic rings. The van der Waals surface area contributed by atoms with Crippen LogP contribution in [0, 0.1) is 11.8 Å². The van der Waals surface area contributed by atoms with E-state index in [4.69, 9.17) is 5.73 Å². The van der Waals surface area contributed by atoms with Gasteiger partial charge in [-0.1, -0.05) is 18.9 Å². The number of rotatable bonds is 2. The Hall–Kier alpha value is -0.890. The molecule has 3 atom stereocenters. The first kappa shape index (κ1) is 11.9. The summed E-state index contributed by atoms with van der Waals surface area (Å²) in [5, 5.41) is 0. The van der Waals surface area contributed by atoms with Crippen molar-refractivity contribution in [2.24, 2.45) is 17.6 Å². The average molecular weight is 256 g/mol. The molecule has 1 aromatic heterocycles. The highest BCUT2D eigenvalue weighted by molar-refractivity contribution is 5.32. The predicted octanol–water partition coefficient (Wildman–Crippen LogP) is 3.41. The summed E-state index contributed by atoms with van der Waals surface area (Å²) >= 11 is 0. The second kappa shape index (κ2) is 4.31. The lowest BCUT2D eigenvalue weighted by molar-refractivity contribution is 0.173. The quantitative estimate of drug-likeness (QED) is 0.880. The molecule has 0 aromatic carbocycles. The largest absolute Gasteiger partial charge is 0.324 e. The van der Waals surface area contributed by atoms with Gasteiger partial charge in [0.2, 0.25) is 0 Å². The Morgan fingerprint density at radius 2 is 2.05 bits per heavy atom. The van der Waals surface area contributed by atoms with E-state index >= 15 is 0 Å². The molecule has 0 amide bonds. The highest BCUT2D eigenvalue weighted by Crippen LogP contribution is 2.51. The second-order valence-corrected chi connectivity index (χ2v) is 7.07. The first-order valence-corrected chi connectivity index (χ1v) is 7.99. The molecule has 0 saturated heterocycles. The molecule has 2 fully saturated rings. The zero-order valence-electron chi connectivity index (χ0n) is 11.6.